The summed E-state index contributed by atoms with van der Waals surface area (Å²) >= 11 is 0. The van der Waals surface area contributed by atoms with Crippen molar-refractivity contribution in [1.29, 1.82) is 0 Å². The molecule has 0 radical (unpaired) electrons. The number of H-pyrrole nitrogens is 1. The summed E-state index contributed by atoms with van der Waals surface area (Å²) in [6.45, 7) is 9.24. The average Bonchev–Trinajstić information content (AvgIpc) is 3.45. The molecule has 3 aliphatic heterocycles. The summed E-state index contributed by atoms with van der Waals surface area (Å²) in [6.07, 6.45) is 3.97. The monoisotopic (exact) mass is 540 g/mol. The van der Waals surface area contributed by atoms with Gasteiger partial charge in [0.1, 0.15) is 5.54 Å². The molecular formula is C31H36N6O3. The van der Waals surface area contributed by atoms with Crippen LogP contribution in [0.3, 0.4) is 0 Å². The molecule has 1 aliphatic carbocycles. The predicted octanol–water partition coefficient (Wildman–Crippen LogP) is 3.66. The van der Waals surface area contributed by atoms with E-state index in [0.717, 1.165) is 46.0 Å². The van der Waals surface area contributed by atoms with Crippen molar-refractivity contribution in [2.24, 2.45) is 5.41 Å². The number of carbonyl (C=O) groups is 3. The Hall–Kier alpha value is -3.88. The smallest absolute Gasteiger partial charge is 0.318 e. The van der Waals surface area contributed by atoms with Crippen LogP contribution in [0.1, 0.15) is 73.0 Å². The first kappa shape index (κ1) is 25.1. The van der Waals surface area contributed by atoms with Crippen molar-refractivity contribution in [1.82, 2.24) is 30.6 Å². The highest BCUT2D eigenvalue weighted by Crippen LogP contribution is 2.56. The van der Waals surface area contributed by atoms with Gasteiger partial charge in [0, 0.05) is 55.0 Å². The van der Waals surface area contributed by atoms with Crippen molar-refractivity contribution in [3.8, 4) is 0 Å². The first-order valence-corrected chi connectivity index (χ1v) is 14.3. The summed E-state index contributed by atoms with van der Waals surface area (Å²) in [5.41, 5.74) is 3.85. The molecule has 7 rings (SSSR count). The van der Waals surface area contributed by atoms with Crippen molar-refractivity contribution < 1.29 is 14.4 Å². The van der Waals surface area contributed by atoms with Gasteiger partial charge in [-0.15, -0.1) is 0 Å². The number of rotatable bonds is 2. The van der Waals surface area contributed by atoms with Crippen LogP contribution in [-0.4, -0.2) is 69.6 Å². The molecule has 1 spiro atoms. The second kappa shape index (κ2) is 8.56. The number of carbonyl (C=O) groups excluding carboxylic acids is 3. The molecule has 4 aliphatic rings. The molecule has 1 unspecified atom stereocenters. The molecule has 3 N–H and O–H groups in total. The van der Waals surface area contributed by atoms with Gasteiger partial charge in [0.15, 0.2) is 0 Å². The fraction of sp³-hybridized carbons (Fsp3) is 0.484. The molecule has 2 fully saturated rings. The van der Waals surface area contributed by atoms with Gasteiger partial charge in [0.2, 0.25) is 5.91 Å². The maximum Gasteiger partial charge on any atom is 0.318 e. The van der Waals surface area contributed by atoms with Gasteiger partial charge in [-0.05, 0) is 53.5 Å². The third-order valence-corrected chi connectivity index (χ3v) is 9.46. The van der Waals surface area contributed by atoms with Crippen LogP contribution < -0.4 is 10.6 Å². The number of benzene rings is 2. The van der Waals surface area contributed by atoms with E-state index in [4.69, 9.17) is 0 Å². The van der Waals surface area contributed by atoms with Crippen LogP contribution in [0.4, 0.5) is 4.79 Å². The Morgan fingerprint density at radius 3 is 2.67 bits per heavy atom. The third-order valence-electron chi connectivity index (χ3n) is 9.46. The van der Waals surface area contributed by atoms with Crippen molar-refractivity contribution >= 4 is 28.7 Å². The van der Waals surface area contributed by atoms with Crippen molar-refractivity contribution in [2.75, 3.05) is 26.2 Å². The Labute approximate surface area is 233 Å². The van der Waals surface area contributed by atoms with Crippen molar-refractivity contribution in [2.45, 2.75) is 63.5 Å². The first-order valence-electron chi connectivity index (χ1n) is 14.3. The zero-order chi connectivity index (χ0) is 27.9. The molecule has 4 heterocycles. The zero-order valence-electron chi connectivity index (χ0n) is 23.3. The zero-order valence-corrected chi connectivity index (χ0v) is 23.3. The molecule has 1 saturated heterocycles. The lowest BCUT2D eigenvalue weighted by Crippen LogP contribution is -2.58. The van der Waals surface area contributed by atoms with Crippen LogP contribution in [-0.2, 0) is 16.8 Å². The van der Waals surface area contributed by atoms with Gasteiger partial charge in [-0.1, -0.05) is 45.0 Å². The second-order valence-electron chi connectivity index (χ2n) is 13.3. The van der Waals surface area contributed by atoms with E-state index in [1.54, 1.807) is 0 Å². The highest BCUT2D eigenvalue weighted by atomic mass is 16.2. The average molecular weight is 541 g/mol. The Balaban J connectivity index is 1.14. The molecule has 2 aromatic carbocycles. The van der Waals surface area contributed by atoms with Crippen LogP contribution in [0.25, 0.3) is 10.9 Å². The van der Waals surface area contributed by atoms with Crippen LogP contribution in [0.15, 0.2) is 42.6 Å². The molecule has 0 bridgehead atoms. The summed E-state index contributed by atoms with van der Waals surface area (Å²) in [7, 11) is 0. The number of hydrogen-bond donors (Lipinski definition) is 3. The number of nitrogens with one attached hydrogen (secondary N) is 3. The van der Waals surface area contributed by atoms with Gasteiger partial charge in [-0.2, -0.15) is 5.10 Å². The summed E-state index contributed by atoms with van der Waals surface area (Å²) in [4.78, 5) is 44.2. The number of aromatic amines is 1. The lowest BCUT2D eigenvalue weighted by atomic mass is 9.69. The summed E-state index contributed by atoms with van der Waals surface area (Å²) < 4.78 is 0. The topological polar surface area (TPSA) is 110 Å². The molecule has 2 atom stereocenters. The summed E-state index contributed by atoms with van der Waals surface area (Å²) in [6, 6.07) is 11.8. The fourth-order valence-electron chi connectivity index (χ4n) is 7.34. The molecule has 208 valence electrons. The Morgan fingerprint density at radius 1 is 1.12 bits per heavy atom. The number of urea groups is 1. The van der Waals surface area contributed by atoms with Crippen LogP contribution in [0, 0.1) is 5.41 Å². The van der Waals surface area contributed by atoms with Crippen molar-refractivity contribution in [3.63, 3.8) is 0 Å². The van der Waals surface area contributed by atoms with Crippen LogP contribution >= 0.6 is 0 Å². The molecular weight excluding hydrogens is 504 g/mol. The number of aromatic nitrogens is 2. The largest absolute Gasteiger partial charge is 0.351 e. The van der Waals surface area contributed by atoms with Crippen molar-refractivity contribution in [3.05, 3.63) is 64.8 Å². The molecule has 3 aromatic rings. The van der Waals surface area contributed by atoms with E-state index < -0.39 is 5.54 Å². The molecule has 40 heavy (non-hydrogen) atoms. The number of nitrogens with zero attached hydrogens (tertiary/aromatic N) is 3. The number of likely N-dealkylation sites (tertiary alicyclic amines) is 1. The molecule has 9 nitrogen and oxygen atoms in total. The summed E-state index contributed by atoms with van der Waals surface area (Å²) in [5.74, 6) is -0.0780. The minimum Gasteiger partial charge on any atom is -0.351 e. The lowest BCUT2D eigenvalue weighted by molar-refractivity contribution is -0.136. The third kappa shape index (κ3) is 3.81. The molecule has 9 heteroatoms. The van der Waals surface area contributed by atoms with E-state index in [-0.39, 0.29) is 34.6 Å². The normalized spacial score (nSPS) is 25.1. The van der Waals surface area contributed by atoms with Gasteiger partial charge in [0.05, 0.1) is 11.7 Å². The van der Waals surface area contributed by atoms with E-state index in [9.17, 15) is 14.4 Å². The Bertz CT molecular complexity index is 1550. The summed E-state index contributed by atoms with van der Waals surface area (Å²) in [5, 5.41) is 14.7. The van der Waals surface area contributed by atoms with E-state index in [0.29, 0.717) is 39.1 Å². The minimum absolute atomic E-state index is 0.00557. The van der Waals surface area contributed by atoms with Crippen LogP contribution in [0.2, 0.25) is 0 Å². The number of amides is 4. The molecule has 4 amide bonds. The number of piperidine rings is 1. The van der Waals surface area contributed by atoms with Gasteiger partial charge in [-0.3, -0.25) is 14.7 Å². The quantitative estimate of drug-likeness (QED) is 0.461. The van der Waals surface area contributed by atoms with Crippen LogP contribution in [0.5, 0.6) is 0 Å². The molecule has 1 saturated carbocycles. The van der Waals surface area contributed by atoms with E-state index >= 15 is 0 Å². The Kier molecular flexibility index (Phi) is 5.37. The molecule has 1 aromatic heterocycles. The highest BCUT2D eigenvalue weighted by molar-refractivity contribution is 5.99. The van der Waals surface area contributed by atoms with E-state index in [1.807, 2.05) is 40.3 Å². The van der Waals surface area contributed by atoms with E-state index in [1.165, 1.54) is 0 Å². The second-order valence-corrected chi connectivity index (χ2v) is 13.3. The standard InChI is InChI=1S/C31H36N6O3/c1-29(2,3)18-37-16-22-19(8-9-25-21(22)15-33-35-25)24-14-31(24,27(37)39)34-28(40)36-12-10-30(11-13-36)17-32-26(38)20-6-4-5-7-23(20)30/h4-9,15,24H,10-14,16-18H2,1-3H3,(H,32,38)(H,33,35)(H,34,40)/t24-,31?/m1/s1. The van der Waals surface area contributed by atoms with Gasteiger partial charge < -0.3 is 20.4 Å². The number of hydrogen-bond acceptors (Lipinski definition) is 4. The SMILES string of the molecule is CC(C)(C)CN1Cc2c(ccc3[nH]ncc23)[C@H]2CC2(NC(=O)N2CCC3(CC2)CNC(=O)c2ccccc23)C1=O. The van der Waals surface area contributed by atoms with Gasteiger partial charge in [-0.25, -0.2) is 4.79 Å². The van der Waals surface area contributed by atoms with Gasteiger partial charge in [0.25, 0.3) is 5.91 Å². The maximum absolute atomic E-state index is 14.2. The maximum atomic E-state index is 14.2. The van der Waals surface area contributed by atoms with Gasteiger partial charge >= 0.3 is 6.03 Å². The number of fused-ring (bicyclic) bond motifs is 7. The first-order chi connectivity index (χ1) is 19.1. The fourth-order valence-corrected chi connectivity index (χ4v) is 7.34. The Morgan fingerprint density at radius 2 is 1.90 bits per heavy atom. The lowest BCUT2D eigenvalue weighted by Gasteiger charge is -2.45. The van der Waals surface area contributed by atoms with E-state index in [2.05, 4.69) is 53.7 Å². The predicted molar refractivity (Wildman–Crippen MR) is 151 cm³/mol. The minimum atomic E-state index is -0.925. The highest BCUT2D eigenvalue weighted by Gasteiger charge is 2.65.